The number of thioether (sulfide) groups is 1. The van der Waals surface area contributed by atoms with Crippen LogP contribution in [0, 0.1) is 0 Å². The van der Waals surface area contributed by atoms with Crippen LogP contribution in [0.4, 0.5) is 4.79 Å². The van der Waals surface area contributed by atoms with Crippen LogP contribution in [0.2, 0.25) is 0 Å². The van der Waals surface area contributed by atoms with E-state index < -0.39 is 37.2 Å². The average Bonchev–Trinajstić information content (AvgIpc) is 2.92. The molecular formula is C17H22N2O5S. The molecule has 0 radical (unpaired) electrons. The third-order valence-corrected chi connectivity index (χ3v) is 5.30. The molecule has 2 aliphatic heterocycles. The largest absolute Gasteiger partial charge is 0.394 e. The molecule has 2 heterocycles. The highest BCUT2D eigenvalue weighted by Gasteiger charge is 2.47. The molecule has 0 saturated carbocycles. The van der Waals surface area contributed by atoms with E-state index in [1.54, 1.807) is 6.20 Å². The van der Waals surface area contributed by atoms with Crippen molar-refractivity contribution in [1.29, 1.82) is 0 Å². The molecule has 7 nitrogen and oxygen atoms in total. The molecule has 1 aromatic carbocycles. The van der Waals surface area contributed by atoms with Gasteiger partial charge in [-0.15, -0.1) is 11.8 Å². The van der Waals surface area contributed by atoms with Crippen LogP contribution in [-0.2, 0) is 11.2 Å². The molecule has 1 aromatic rings. The Hall–Kier alpha value is -1.58. The van der Waals surface area contributed by atoms with Crippen molar-refractivity contribution in [3.05, 3.63) is 47.7 Å². The number of benzene rings is 1. The predicted octanol–water partition coefficient (Wildman–Crippen LogP) is 0.266. The molecule has 2 aliphatic rings. The Morgan fingerprint density at radius 2 is 1.96 bits per heavy atom. The van der Waals surface area contributed by atoms with Crippen molar-refractivity contribution in [2.75, 3.05) is 12.9 Å². The quantitative estimate of drug-likeness (QED) is 0.597. The Morgan fingerprint density at radius 1 is 1.24 bits per heavy atom. The van der Waals surface area contributed by atoms with Gasteiger partial charge in [-0.1, -0.05) is 30.3 Å². The second-order valence-electron chi connectivity index (χ2n) is 6.07. The molecule has 1 fully saturated rings. The van der Waals surface area contributed by atoms with Gasteiger partial charge in [0, 0.05) is 6.20 Å². The highest BCUT2D eigenvalue weighted by atomic mass is 32.2. The summed E-state index contributed by atoms with van der Waals surface area (Å²) < 4.78 is 5.48. The highest BCUT2D eigenvalue weighted by Crippen LogP contribution is 2.29. The van der Waals surface area contributed by atoms with Gasteiger partial charge in [0.25, 0.3) is 0 Å². The molecule has 4 N–H and O–H groups in total. The van der Waals surface area contributed by atoms with Crippen LogP contribution in [0.3, 0.4) is 0 Å². The van der Waals surface area contributed by atoms with Gasteiger partial charge < -0.3 is 25.4 Å². The van der Waals surface area contributed by atoms with E-state index in [1.165, 1.54) is 16.7 Å². The molecule has 1 saturated heterocycles. The number of carbonyl (C=O) groups excluding carboxylic acids is 1. The van der Waals surface area contributed by atoms with Crippen molar-refractivity contribution < 1.29 is 24.9 Å². The second-order valence-corrected chi connectivity index (χ2v) is 7.01. The summed E-state index contributed by atoms with van der Waals surface area (Å²) in [6.07, 6.45) is -0.273. The summed E-state index contributed by atoms with van der Waals surface area (Å²) in [4.78, 5) is 13.7. The molecule has 5 atom stereocenters. The minimum absolute atomic E-state index is 0.180. The maximum atomic E-state index is 12.4. The zero-order valence-corrected chi connectivity index (χ0v) is 14.6. The first-order valence-corrected chi connectivity index (χ1v) is 9.32. The molecule has 3 rings (SSSR count). The van der Waals surface area contributed by atoms with Gasteiger partial charge in [0.15, 0.2) is 6.23 Å². The van der Waals surface area contributed by atoms with E-state index in [0.29, 0.717) is 6.42 Å². The van der Waals surface area contributed by atoms with E-state index in [1.807, 2.05) is 36.6 Å². The van der Waals surface area contributed by atoms with Crippen LogP contribution in [-0.4, -0.2) is 69.0 Å². The van der Waals surface area contributed by atoms with Crippen molar-refractivity contribution >= 4 is 17.8 Å². The lowest BCUT2D eigenvalue weighted by Gasteiger charge is -2.35. The first-order chi connectivity index (χ1) is 12.0. The van der Waals surface area contributed by atoms with E-state index in [-0.39, 0.29) is 5.37 Å². The molecular weight excluding hydrogens is 344 g/mol. The summed E-state index contributed by atoms with van der Waals surface area (Å²) in [6.45, 7) is -0.432. The summed E-state index contributed by atoms with van der Waals surface area (Å²) in [5.74, 6) is 0. The number of rotatable bonds is 5. The Bertz CT molecular complexity index is 641. The zero-order chi connectivity index (χ0) is 18.0. The number of hydrogen-bond acceptors (Lipinski definition) is 6. The van der Waals surface area contributed by atoms with Crippen molar-refractivity contribution in [1.82, 2.24) is 10.2 Å². The van der Waals surface area contributed by atoms with Crippen LogP contribution in [0.15, 0.2) is 42.1 Å². The molecule has 0 aliphatic carbocycles. The normalized spacial score (nSPS) is 32.5. The second kappa shape index (κ2) is 7.76. The van der Waals surface area contributed by atoms with Crippen molar-refractivity contribution in [3.8, 4) is 0 Å². The Labute approximate surface area is 150 Å². The van der Waals surface area contributed by atoms with Crippen molar-refractivity contribution in [2.24, 2.45) is 0 Å². The summed E-state index contributed by atoms with van der Waals surface area (Å²) >= 11 is 1.51. The van der Waals surface area contributed by atoms with Gasteiger partial charge in [-0.2, -0.15) is 0 Å². The van der Waals surface area contributed by atoms with Gasteiger partial charge in [-0.25, -0.2) is 4.79 Å². The van der Waals surface area contributed by atoms with E-state index in [2.05, 4.69) is 5.32 Å². The van der Waals surface area contributed by atoms with Crippen molar-refractivity contribution in [2.45, 2.75) is 36.3 Å². The third kappa shape index (κ3) is 3.68. The van der Waals surface area contributed by atoms with E-state index in [9.17, 15) is 20.1 Å². The zero-order valence-electron chi connectivity index (χ0n) is 13.8. The van der Waals surface area contributed by atoms with Gasteiger partial charge in [0.05, 0.1) is 12.0 Å². The first-order valence-electron chi connectivity index (χ1n) is 8.03. The molecule has 0 bridgehead atoms. The number of urea groups is 1. The topological polar surface area (TPSA) is 102 Å². The van der Waals surface area contributed by atoms with Crippen LogP contribution in [0.25, 0.3) is 0 Å². The number of hydrogen-bond donors (Lipinski definition) is 4. The van der Waals surface area contributed by atoms with Crippen molar-refractivity contribution in [3.63, 3.8) is 0 Å². The van der Waals surface area contributed by atoms with Gasteiger partial charge in [0.2, 0.25) is 0 Å². The van der Waals surface area contributed by atoms with Crippen LogP contribution in [0.5, 0.6) is 0 Å². The highest BCUT2D eigenvalue weighted by molar-refractivity contribution is 7.99. The fraction of sp³-hybridized carbons (Fsp3) is 0.471. The summed E-state index contributed by atoms with van der Waals surface area (Å²) in [6, 6.07) is 9.45. The lowest BCUT2D eigenvalue weighted by molar-refractivity contribution is -0.0661. The molecule has 136 valence electrons. The average molecular weight is 366 g/mol. The van der Waals surface area contributed by atoms with E-state index in [0.717, 1.165) is 11.1 Å². The predicted molar refractivity (Wildman–Crippen MR) is 93.7 cm³/mol. The van der Waals surface area contributed by atoms with E-state index >= 15 is 0 Å². The van der Waals surface area contributed by atoms with Gasteiger partial charge >= 0.3 is 6.03 Å². The Morgan fingerprint density at radius 3 is 2.56 bits per heavy atom. The minimum atomic E-state index is -1.29. The molecule has 2 amide bonds. The van der Waals surface area contributed by atoms with Crippen LogP contribution >= 0.6 is 11.8 Å². The lowest BCUT2D eigenvalue weighted by atomic mass is 10.0. The summed E-state index contributed by atoms with van der Waals surface area (Å²) in [5.41, 5.74) is 2.06. The van der Waals surface area contributed by atoms with Crippen LogP contribution < -0.4 is 5.32 Å². The SMILES string of the molecule is CSC1NC(=O)N([C@@H]2O[C@H](CO)[C@@H](O)[C@H]2O)C=C1Cc1ccccc1. The maximum Gasteiger partial charge on any atom is 0.324 e. The molecule has 0 aromatic heterocycles. The minimum Gasteiger partial charge on any atom is -0.394 e. The summed E-state index contributed by atoms with van der Waals surface area (Å²) in [7, 11) is 0. The fourth-order valence-corrected chi connectivity index (χ4v) is 3.73. The Kier molecular flexibility index (Phi) is 5.65. The van der Waals surface area contributed by atoms with E-state index in [4.69, 9.17) is 4.74 Å². The van der Waals surface area contributed by atoms with Gasteiger partial charge in [0.1, 0.15) is 18.3 Å². The molecule has 25 heavy (non-hydrogen) atoms. The molecule has 1 unspecified atom stereocenters. The summed E-state index contributed by atoms with van der Waals surface area (Å²) in [5, 5.41) is 32.0. The lowest BCUT2D eigenvalue weighted by Crippen LogP contribution is -2.53. The number of amides is 2. The monoisotopic (exact) mass is 366 g/mol. The number of ether oxygens (including phenoxy) is 1. The number of aliphatic hydroxyl groups excluding tert-OH is 3. The third-order valence-electron chi connectivity index (χ3n) is 4.41. The number of carbonyl (C=O) groups is 1. The smallest absolute Gasteiger partial charge is 0.324 e. The number of aliphatic hydroxyl groups is 3. The fourth-order valence-electron chi connectivity index (χ4n) is 3.06. The maximum absolute atomic E-state index is 12.4. The standard InChI is InChI=1S/C17H22N2O5S/c1-25-15-11(7-10-5-3-2-4-6-10)8-19(17(23)18-15)16-14(22)13(21)12(9-20)24-16/h2-6,8,12-16,20-22H,7,9H2,1H3,(H,18,23)/t12-,13-,14-,15?,16-/m1/s1. The van der Waals surface area contributed by atoms with Gasteiger partial charge in [-0.3, -0.25) is 4.90 Å². The number of nitrogens with zero attached hydrogens (tertiary/aromatic N) is 1. The van der Waals surface area contributed by atoms with Gasteiger partial charge in [-0.05, 0) is 23.8 Å². The molecule has 8 heteroatoms. The number of nitrogens with one attached hydrogen (secondary N) is 1. The Balaban J connectivity index is 1.85. The van der Waals surface area contributed by atoms with Crippen LogP contribution in [0.1, 0.15) is 5.56 Å². The molecule has 0 spiro atoms. The first kappa shape index (κ1) is 18.2.